The number of esters is 1. The smallest absolute Gasteiger partial charge is 0.332 e. The lowest BCUT2D eigenvalue weighted by atomic mass is 9.80. The summed E-state index contributed by atoms with van der Waals surface area (Å²) in [6.07, 6.45) is 9.29. The largest absolute Gasteiger partial charge is 0.511 e. The summed E-state index contributed by atoms with van der Waals surface area (Å²) in [5, 5.41) is 32.1. The molecule has 148 valence electrons. The summed E-state index contributed by atoms with van der Waals surface area (Å²) < 4.78 is 6.99. The van der Waals surface area contributed by atoms with Gasteiger partial charge in [0, 0.05) is 27.7 Å². The van der Waals surface area contributed by atoms with Gasteiger partial charge in [-0.3, -0.25) is 4.90 Å². The number of piperidine rings is 1. The van der Waals surface area contributed by atoms with Crippen LogP contribution in [0.25, 0.3) is 0 Å². The summed E-state index contributed by atoms with van der Waals surface area (Å²) in [5.41, 5.74) is 0.849. The fourth-order valence-electron chi connectivity index (χ4n) is 4.27. The summed E-state index contributed by atoms with van der Waals surface area (Å²) in [6, 6.07) is 0.901. The molecule has 9 nitrogen and oxygen atoms in total. The molecule has 0 amide bonds. The summed E-state index contributed by atoms with van der Waals surface area (Å²) in [5.74, 6) is -1.38. The van der Waals surface area contributed by atoms with Crippen LogP contribution < -0.4 is 0 Å². The van der Waals surface area contributed by atoms with Gasteiger partial charge in [0.25, 0.3) is 0 Å². The molecule has 2 bridgehead atoms. The maximum absolute atomic E-state index is 11.7. The molecule has 3 aliphatic heterocycles. The molecule has 0 aromatic carbocycles. The van der Waals surface area contributed by atoms with Gasteiger partial charge in [0.1, 0.15) is 12.5 Å². The van der Waals surface area contributed by atoms with Crippen molar-refractivity contribution in [2.75, 3.05) is 6.54 Å². The average molecular weight is 493 g/mol. The zero-order chi connectivity index (χ0) is 19.6. The molecule has 3 atom stereocenters. The molecule has 0 radical (unpaired) electrons. The number of rotatable bonds is 3. The Morgan fingerprint density at radius 2 is 1.93 bits per heavy atom. The van der Waals surface area contributed by atoms with Gasteiger partial charge in [0.05, 0.1) is 6.04 Å². The summed E-state index contributed by atoms with van der Waals surface area (Å²) in [6.45, 7) is 1.16. The van der Waals surface area contributed by atoms with Gasteiger partial charge in [-0.1, -0.05) is 12.5 Å². The minimum absolute atomic E-state index is 0.143. The molecule has 2 saturated heterocycles. The van der Waals surface area contributed by atoms with E-state index in [0.717, 1.165) is 18.5 Å². The second-order valence-corrected chi connectivity index (χ2v) is 7.74. The zero-order valence-electron chi connectivity index (χ0n) is 14.2. The van der Waals surface area contributed by atoms with Crippen LogP contribution in [-0.2, 0) is 19.3 Å². The van der Waals surface area contributed by atoms with Gasteiger partial charge in [-0.2, -0.15) is 0 Å². The minimum atomic E-state index is -0.620. The third-order valence-corrected chi connectivity index (χ3v) is 6.23. The van der Waals surface area contributed by atoms with E-state index in [1.165, 1.54) is 22.8 Å². The van der Waals surface area contributed by atoms with Crippen molar-refractivity contribution in [3.63, 3.8) is 0 Å². The average Bonchev–Trinajstić information content (AvgIpc) is 3.16. The van der Waals surface area contributed by atoms with Crippen LogP contribution in [-0.4, -0.2) is 55.8 Å². The van der Waals surface area contributed by atoms with Gasteiger partial charge >= 0.3 is 5.97 Å². The summed E-state index contributed by atoms with van der Waals surface area (Å²) in [4.78, 5) is 21.1. The first-order chi connectivity index (χ1) is 13.0. The number of nitrogens with zero attached hydrogens (tertiary/aromatic N) is 1. The molecular weight excluding hydrogens is 473 g/mol. The van der Waals surface area contributed by atoms with Gasteiger partial charge in [0.2, 0.25) is 11.5 Å². The fourth-order valence-corrected chi connectivity index (χ4v) is 5.29. The van der Waals surface area contributed by atoms with E-state index in [1.54, 1.807) is 6.08 Å². The number of carbonyl (C=O) groups is 1. The van der Waals surface area contributed by atoms with Crippen LogP contribution in [0, 0.1) is 0 Å². The maximum Gasteiger partial charge on any atom is 0.332 e. The molecule has 4 N–H and O–H groups in total. The lowest BCUT2D eigenvalue weighted by Gasteiger charge is -2.38. The molecule has 0 unspecified atom stereocenters. The highest BCUT2D eigenvalue weighted by Crippen LogP contribution is 2.54. The molecule has 10 heteroatoms. The van der Waals surface area contributed by atoms with Crippen molar-refractivity contribution >= 4 is 28.6 Å². The number of ether oxygens (including phenoxy) is 1. The number of carbonyl (C=O) groups excluding carboxylic acids is 1. The second-order valence-electron chi connectivity index (χ2n) is 6.57. The van der Waals surface area contributed by atoms with Gasteiger partial charge in [-0.25, -0.2) is 15.3 Å². The van der Waals surface area contributed by atoms with Gasteiger partial charge in [0.15, 0.2) is 5.60 Å². The minimum Gasteiger partial charge on any atom is -0.511 e. The van der Waals surface area contributed by atoms with Crippen LogP contribution in [0.1, 0.15) is 25.7 Å². The quantitative estimate of drug-likeness (QED) is 0.117. The Labute approximate surface area is 168 Å². The molecule has 4 rings (SSSR count). The highest BCUT2D eigenvalue weighted by Gasteiger charge is 2.61. The SMILES string of the molecule is O/C=C(OO)/C(=C/O)OO.O=C1C=C2C(I)=C[C@@H]3C[C@@]2(O1)[C@H]1CCCCN31. The lowest BCUT2D eigenvalue weighted by Crippen LogP contribution is -2.48. The number of halogens is 1. The summed E-state index contributed by atoms with van der Waals surface area (Å²) >= 11 is 2.36. The molecule has 0 aromatic rings. The van der Waals surface area contributed by atoms with E-state index >= 15 is 0 Å². The maximum atomic E-state index is 11.7. The molecule has 1 spiro atoms. The molecule has 0 saturated carbocycles. The highest BCUT2D eigenvalue weighted by molar-refractivity contribution is 14.1. The lowest BCUT2D eigenvalue weighted by molar-refractivity contribution is -0.241. The molecule has 4 aliphatic rings. The van der Waals surface area contributed by atoms with E-state index in [4.69, 9.17) is 25.5 Å². The predicted molar refractivity (Wildman–Crippen MR) is 101 cm³/mol. The Kier molecular flexibility index (Phi) is 5.99. The molecular formula is C17H20INO8. The normalized spacial score (nSPS) is 32.3. The highest BCUT2D eigenvalue weighted by atomic mass is 127. The van der Waals surface area contributed by atoms with Crippen LogP contribution in [0.3, 0.4) is 0 Å². The van der Waals surface area contributed by atoms with Gasteiger partial charge in [-0.05, 0) is 42.0 Å². The van der Waals surface area contributed by atoms with E-state index in [1.807, 2.05) is 0 Å². The van der Waals surface area contributed by atoms with E-state index < -0.39 is 11.5 Å². The van der Waals surface area contributed by atoms with Crippen molar-refractivity contribution in [2.45, 2.75) is 43.4 Å². The van der Waals surface area contributed by atoms with Crippen molar-refractivity contribution in [3.05, 3.63) is 45.3 Å². The standard InChI is InChI=1S/C13H14INO2.C4H6O6/c14-10-5-8-7-13(9(10)6-12(16)17-13)11-3-1-2-4-15(8)11;5-1-3(9-7)4(2-6)10-8/h5-6,8,11H,1-4,7H2;1-2,5-8H/b;3-1-,4-2-/t8-,11-,13+;/m1./s1. The van der Waals surface area contributed by atoms with Crippen molar-refractivity contribution in [3.8, 4) is 0 Å². The Bertz CT molecular complexity index is 712. The number of aliphatic hydroxyl groups excluding tert-OH is 2. The third-order valence-electron chi connectivity index (χ3n) is 5.29. The summed E-state index contributed by atoms with van der Waals surface area (Å²) in [7, 11) is 0. The number of aliphatic hydroxyl groups is 2. The molecule has 2 fully saturated rings. The van der Waals surface area contributed by atoms with Crippen LogP contribution in [0.5, 0.6) is 0 Å². The topological polar surface area (TPSA) is 129 Å². The van der Waals surface area contributed by atoms with Gasteiger partial charge in [-0.15, -0.1) is 0 Å². The fraction of sp³-hybridized carbons (Fsp3) is 0.471. The Balaban J connectivity index is 0.000000183. The van der Waals surface area contributed by atoms with E-state index in [2.05, 4.69) is 43.3 Å². The van der Waals surface area contributed by atoms with Gasteiger partial charge < -0.3 is 24.7 Å². The first kappa shape index (κ1) is 20.0. The van der Waals surface area contributed by atoms with Crippen LogP contribution in [0.15, 0.2) is 45.3 Å². The van der Waals surface area contributed by atoms with Crippen molar-refractivity contribution in [1.82, 2.24) is 4.90 Å². The van der Waals surface area contributed by atoms with E-state index in [-0.39, 0.29) is 24.1 Å². The molecule has 27 heavy (non-hydrogen) atoms. The van der Waals surface area contributed by atoms with Crippen LogP contribution in [0.4, 0.5) is 0 Å². The van der Waals surface area contributed by atoms with Crippen LogP contribution >= 0.6 is 22.6 Å². The number of hydrogen-bond acceptors (Lipinski definition) is 9. The van der Waals surface area contributed by atoms with Crippen LogP contribution in [0.2, 0.25) is 0 Å². The Hall–Kier alpha value is -1.76. The molecule has 0 aromatic heterocycles. The monoisotopic (exact) mass is 493 g/mol. The molecule has 3 heterocycles. The van der Waals surface area contributed by atoms with Crippen molar-refractivity contribution in [2.24, 2.45) is 0 Å². The number of fused-ring (bicyclic) bond motifs is 3. The Morgan fingerprint density at radius 3 is 2.52 bits per heavy atom. The Morgan fingerprint density at radius 1 is 1.26 bits per heavy atom. The zero-order valence-corrected chi connectivity index (χ0v) is 16.4. The number of hydrogen-bond donors (Lipinski definition) is 4. The first-order valence-electron chi connectivity index (χ1n) is 8.41. The molecule has 1 aliphatic carbocycles. The van der Waals surface area contributed by atoms with Crippen molar-refractivity contribution < 1.29 is 40.0 Å². The third kappa shape index (κ3) is 3.42. The van der Waals surface area contributed by atoms with E-state index in [0.29, 0.717) is 12.1 Å². The second kappa shape index (κ2) is 8.09. The van der Waals surface area contributed by atoms with E-state index in [9.17, 15) is 4.79 Å². The van der Waals surface area contributed by atoms with Crippen molar-refractivity contribution in [1.29, 1.82) is 0 Å². The predicted octanol–water partition coefficient (Wildman–Crippen LogP) is 2.93. The first-order valence-corrected chi connectivity index (χ1v) is 9.49.